The van der Waals surface area contributed by atoms with Crippen LogP contribution in [-0.4, -0.2) is 12.3 Å². The summed E-state index contributed by atoms with van der Waals surface area (Å²) >= 11 is 0. The minimum Gasteiger partial charge on any atom is -0.366 e. The maximum Gasteiger partial charge on any atom is 1.00 e. The summed E-state index contributed by atoms with van der Waals surface area (Å²) in [6.07, 6.45) is 17.8. The molecule has 0 aliphatic heterocycles. The van der Waals surface area contributed by atoms with Crippen molar-refractivity contribution in [2.24, 2.45) is 0 Å². The maximum absolute atomic E-state index is 7.63. The van der Waals surface area contributed by atoms with Gasteiger partial charge in [-0.3, -0.25) is 11.8 Å². The first-order valence-corrected chi connectivity index (χ1v) is 26.5. The van der Waals surface area contributed by atoms with Crippen molar-refractivity contribution < 1.29 is 44.8 Å². The van der Waals surface area contributed by atoms with Gasteiger partial charge >= 0.3 is 44.8 Å². The number of rotatable bonds is 7. The molecule has 70 heavy (non-hydrogen) atoms. The van der Waals surface area contributed by atoms with E-state index < -0.39 is 15.8 Å². The fourth-order valence-corrected chi connectivity index (χ4v) is 15.9. The van der Waals surface area contributed by atoms with Gasteiger partial charge in [0.15, 0.2) is 0 Å². The van der Waals surface area contributed by atoms with E-state index in [4.69, 9.17) is 12.8 Å². The molecule has 0 heterocycles. The van der Waals surface area contributed by atoms with E-state index in [-0.39, 0.29) is 44.8 Å². The van der Waals surface area contributed by atoms with Crippen molar-refractivity contribution in [3.05, 3.63) is 279 Å². The third kappa shape index (κ3) is 10.8. The Morgan fingerprint density at radius 3 is 0.857 bits per heavy atom. The quantitative estimate of drug-likeness (QED) is 0.0490. The molecule has 0 nitrogen and oxygen atoms in total. The average Bonchev–Trinajstić information content (AvgIpc) is 3.42. The molecule has 0 aromatic heterocycles. The number of fused-ring (bicyclic) bond motifs is 10. The number of hydrogen-bond donors (Lipinski definition) is 0. The molecule has 0 fully saturated rings. The van der Waals surface area contributed by atoms with Gasteiger partial charge in [-0.2, -0.15) is 0 Å². The molecule has 0 saturated heterocycles. The second-order valence-corrected chi connectivity index (χ2v) is 22.1. The van der Waals surface area contributed by atoms with E-state index in [0.717, 1.165) is 32.7 Å². The van der Waals surface area contributed by atoms with Crippen molar-refractivity contribution in [2.45, 2.75) is 0 Å². The molecular formula is C66H48Au2P2+2. The van der Waals surface area contributed by atoms with E-state index in [1.54, 1.807) is 0 Å². The minimum atomic E-state index is -0.783. The van der Waals surface area contributed by atoms with Gasteiger partial charge in [0.05, 0.1) is 37.1 Å². The Kier molecular flexibility index (Phi) is 17.2. The van der Waals surface area contributed by atoms with E-state index in [1.807, 2.05) is 36.4 Å². The summed E-state index contributed by atoms with van der Waals surface area (Å²) in [6.45, 7) is 0. The topological polar surface area (TPSA) is 0 Å². The van der Waals surface area contributed by atoms with Crippen LogP contribution in [0.5, 0.6) is 0 Å². The molecule has 12 aromatic carbocycles. The van der Waals surface area contributed by atoms with Crippen LogP contribution in [0.25, 0.3) is 64.6 Å². The van der Waals surface area contributed by atoms with Crippen molar-refractivity contribution in [1.29, 1.82) is 0 Å². The molecule has 342 valence electrons. The number of benzene rings is 12. The predicted molar refractivity (Wildman–Crippen MR) is 301 cm³/mol. The Balaban J connectivity index is 0.000000142. The second kappa shape index (κ2) is 24.0. The van der Waals surface area contributed by atoms with Crippen LogP contribution in [0.1, 0.15) is 11.1 Å². The van der Waals surface area contributed by atoms with Crippen LogP contribution in [0.2, 0.25) is 0 Å². The predicted octanol–water partition coefficient (Wildman–Crippen LogP) is 14.9. The molecule has 0 N–H and O–H groups in total. The SMILES string of the molecule is [Au+].[Au+].[C-]#Cc1cc2ccccc2c2ccc3ccccc3c12.[C-]#Cc1cc2ccccc2c2ccc3ccccc3c12.c1ccc([PH+](CC[PH+](c2ccccc2)c2ccccc2)c2ccccc2)cc1. The molecular weight excluding hydrogens is 1250 g/mol. The van der Waals surface area contributed by atoms with Gasteiger partial charge in [0, 0.05) is 0 Å². The van der Waals surface area contributed by atoms with Gasteiger partial charge in [-0.1, -0.05) is 205 Å². The summed E-state index contributed by atoms with van der Waals surface area (Å²) in [4.78, 5) is 0. The molecule has 4 heteroatoms. The van der Waals surface area contributed by atoms with Crippen LogP contribution in [0, 0.1) is 24.7 Å². The van der Waals surface area contributed by atoms with Gasteiger partial charge in [0.25, 0.3) is 0 Å². The largest absolute Gasteiger partial charge is 1.00 e. The van der Waals surface area contributed by atoms with Gasteiger partial charge in [0.1, 0.15) is 12.3 Å². The smallest absolute Gasteiger partial charge is 0.366 e. The fraction of sp³-hybridized carbons (Fsp3) is 0.0303. The molecule has 0 unspecified atom stereocenters. The molecule has 0 atom stereocenters. The summed E-state index contributed by atoms with van der Waals surface area (Å²) in [5.74, 6) is 5.21. The Morgan fingerprint density at radius 2 is 0.543 bits per heavy atom. The standard InChI is InChI=1S/C26H24P2.2C20H11.2Au/c1-5-13-23(14-6-1)27(24-15-7-2-8-16-24)21-22-28(25-17-9-3-10-18-25)26-19-11-4-12-20-26;2*1-2-14-13-16-8-4-5-9-17(16)19-12-11-15-7-3-6-10-18(15)20(14)19;;/h1-20H,21-22H2;2*3-13H;;/q;2*-1;2*+1/p+2. The zero-order valence-corrected chi connectivity index (χ0v) is 44.6. The van der Waals surface area contributed by atoms with E-state index >= 15 is 0 Å². The number of hydrogen-bond acceptors (Lipinski definition) is 0. The molecule has 0 spiro atoms. The summed E-state index contributed by atoms with van der Waals surface area (Å²) in [5.41, 5.74) is 1.71. The zero-order chi connectivity index (χ0) is 46.1. The van der Waals surface area contributed by atoms with E-state index in [9.17, 15) is 0 Å². The molecule has 12 aromatic rings. The summed E-state index contributed by atoms with van der Waals surface area (Å²) in [6, 6.07) is 90.5. The fourth-order valence-electron chi connectivity index (χ4n) is 9.68. The minimum absolute atomic E-state index is 0. The van der Waals surface area contributed by atoms with Crippen LogP contribution in [0.15, 0.2) is 255 Å². The average molecular weight is 1300 g/mol. The van der Waals surface area contributed by atoms with Crippen LogP contribution >= 0.6 is 15.8 Å². The Labute approximate surface area is 445 Å². The van der Waals surface area contributed by atoms with Crippen molar-refractivity contribution in [2.75, 3.05) is 12.3 Å². The van der Waals surface area contributed by atoms with Gasteiger partial charge in [-0.25, -0.2) is 0 Å². The Hall–Kier alpha value is -6.34. The second-order valence-electron chi connectivity index (χ2n) is 16.9. The first-order chi connectivity index (χ1) is 33.7. The van der Waals surface area contributed by atoms with Crippen molar-refractivity contribution in [3.8, 4) is 11.8 Å². The summed E-state index contributed by atoms with van der Waals surface area (Å²) < 4.78 is 0. The molecule has 0 saturated carbocycles. The molecule has 0 radical (unpaired) electrons. The van der Waals surface area contributed by atoms with Gasteiger partial charge in [-0.05, 0) is 102 Å². The van der Waals surface area contributed by atoms with Crippen LogP contribution < -0.4 is 21.2 Å². The third-order valence-electron chi connectivity index (χ3n) is 12.9. The summed E-state index contributed by atoms with van der Waals surface area (Å²) in [7, 11) is -1.57. The molecule has 0 amide bonds. The van der Waals surface area contributed by atoms with Crippen molar-refractivity contribution in [3.63, 3.8) is 0 Å². The Morgan fingerprint density at radius 1 is 0.271 bits per heavy atom. The van der Waals surface area contributed by atoms with E-state index in [0.29, 0.717) is 0 Å². The zero-order valence-electron chi connectivity index (χ0n) is 38.3. The van der Waals surface area contributed by atoms with Crippen LogP contribution in [-0.2, 0) is 44.8 Å². The van der Waals surface area contributed by atoms with Crippen LogP contribution in [0.3, 0.4) is 0 Å². The summed E-state index contributed by atoms with van der Waals surface area (Å²) in [5, 5.41) is 20.2. The van der Waals surface area contributed by atoms with E-state index in [1.165, 1.54) is 76.6 Å². The first-order valence-electron chi connectivity index (χ1n) is 23.1. The first kappa shape index (κ1) is 50.1. The van der Waals surface area contributed by atoms with Gasteiger partial charge in [0.2, 0.25) is 0 Å². The van der Waals surface area contributed by atoms with Gasteiger partial charge < -0.3 is 12.8 Å². The van der Waals surface area contributed by atoms with Crippen LogP contribution in [0.4, 0.5) is 0 Å². The molecule has 0 bridgehead atoms. The molecule has 0 aliphatic carbocycles. The van der Waals surface area contributed by atoms with Crippen molar-refractivity contribution in [1.82, 2.24) is 0 Å². The monoisotopic (exact) mass is 1300 g/mol. The normalized spacial score (nSPS) is 10.7. The molecule has 12 rings (SSSR count). The third-order valence-corrected chi connectivity index (χ3v) is 19.0. The van der Waals surface area contributed by atoms with E-state index in [2.05, 4.69) is 230 Å². The molecule has 0 aliphatic rings. The van der Waals surface area contributed by atoms with Gasteiger partial charge in [-0.15, -0.1) is 23.3 Å². The Bertz CT molecular complexity index is 3440. The maximum atomic E-state index is 7.63. The van der Waals surface area contributed by atoms with Crippen molar-refractivity contribution >= 4 is 102 Å².